The first-order valence-electron chi connectivity index (χ1n) is 14.4. The number of amides is 1. The molecule has 7 rings (SSSR count). The van der Waals surface area contributed by atoms with Gasteiger partial charge in [0.15, 0.2) is 0 Å². The lowest BCUT2D eigenvalue weighted by Crippen LogP contribution is -2.27. The predicted octanol–water partition coefficient (Wildman–Crippen LogP) is 7.96. The summed E-state index contributed by atoms with van der Waals surface area (Å²) in [6.07, 6.45) is 5.54. The van der Waals surface area contributed by atoms with Gasteiger partial charge in [-0.25, -0.2) is 9.97 Å². The number of carbonyl (C=O) groups excluding carboxylic acids is 1. The third-order valence-electron chi connectivity index (χ3n) is 8.07. The quantitative estimate of drug-likeness (QED) is 0.194. The van der Waals surface area contributed by atoms with E-state index < -0.39 is 17.8 Å². The molecule has 2 aliphatic rings. The summed E-state index contributed by atoms with van der Waals surface area (Å²) in [5.41, 5.74) is 4.72. The number of nitrogens with one attached hydrogen (secondary N) is 2. The predicted molar refractivity (Wildman–Crippen MR) is 158 cm³/mol. The molecular weight excluding hydrogens is 553 g/mol. The van der Waals surface area contributed by atoms with Crippen molar-refractivity contribution >= 4 is 28.4 Å². The first-order valence-corrected chi connectivity index (χ1v) is 14.4. The van der Waals surface area contributed by atoms with Gasteiger partial charge in [-0.3, -0.25) is 9.48 Å². The van der Waals surface area contributed by atoms with Crippen molar-refractivity contribution in [1.82, 2.24) is 25.1 Å². The van der Waals surface area contributed by atoms with E-state index in [1.807, 2.05) is 41.2 Å². The van der Waals surface area contributed by atoms with Gasteiger partial charge in [0.2, 0.25) is 5.95 Å². The molecule has 3 aromatic carbocycles. The van der Waals surface area contributed by atoms with E-state index in [1.54, 1.807) is 31.5 Å². The van der Waals surface area contributed by atoms with Crippen LogP contribution in [0.25, 0.3) is 22.0 Å². The van der Waals surface area contributed by atoms with Gasteiger partial charge >= 0.3 is 6.18 Å². The highest BCUT2D eigenvalue weighted by atomic mass is 19.4. The lowest BCUT2D eigenvalue weighted by molar-refractivity contribution is -0.137. The largest absolute Gasteiger partial charge is 0.416 e. The first-order chi connectivity index (χ1) is 20.7. The number of rotatable bonds is 8. The topological polar surface area (TPSA) is 84.7 Å². The molecule has 1 amide bonds. The summed E-state index contributed by atoms with van der Waals surface area (Å²) in [5.74, 6) is 0.548. The zero-order valence-electron chi connectivity index (χ0n) is 23.4. The van der Waals surface area contributed by atoms with Crippen LogP contribution in [0.4, 0.5) is 24.8 Å². The van der Waals surface area contributed by atoms with E-state index in [-0.39, 0.29) is 5.91 Å². The fourth-order valence-electron chi connectivity index (χ4n) is 5.37. The Morgan fingerprint density at radius 3 is 2.60 bits per heavy atom. The molecule has 2 aliphatic carbocycles. The summed E-state index contributed by atoms with van der Waals surface area (Å²) >= 11 is 0. The smallest absolute Gasteiger partial charge is 0.346 e. The Morgan fingerprint density at radius 2 is 1.84 bits per heavy atom. The molecule has 2 saturated carbocycles. The normalized spacial score (nSPS) is 15.8. The van der Waals surface area contributed by atoms with Crippen molar-refractivity contribution in [2.24, 2.45) is 0 Å². The van der Waals surface area contributed by atoms with E-state index in [2.05, 4.69) is 20.7 Å². The van der Waals surface area contributed by atoms with Crippen molar-refractivity contribution in [3.05, 3.63) is 102 Å². The average Bonchev–Trinajstić information content (AvgIpc) is 3.95. The van der Waals surface area contributed by atoms with Crippen molar-refractivity contribution in [3.8, 4) is 11.1 Å². The minimum absolute atomic E-state index is 0.352. The maximum Gasteiger partial charge on any atom is 0.416 e. The molecule has 2 aromatic heterocycles. The molecule has 2 N–H and O–H groups in total. The SMILES string of the molecule is C[C@@H](NC(=O)c1ccc(C2CC2)c(-c2ccc3cnc(Nc4cnn(C5CC5)c4)nc3c2)c1)c1cccc(C(F)(F)F)c1. The molecule has 5 aromatic rings. The van der Waals surface area contributed by atoms with Crippen LogP contribution in [0.1, 0.15) is 77.7 Å². The zero-order valence-corrected chi connectivity index (χ0v) is 23.4. The summed E-state index contributed by atoms with van der Waals surface area (Å²) < 4.78 is 41.6. The number of benzene rings is 3. The van der Waals surface area contributed by atoms with E-state index in [9.17, 15) is 18.0 Å². The van der Waals surface area contributed by atoms with Crippen LogP contribution in [-0.4, -0.2) is 25.7 Å². The minimum Gasteiger partial charge on any atom is -0.346 e. The zero-order chi connectivity index (χ0) is 29.7. The Balaban J connectivity index is 1.15. The number of hydrogen-bond acceptors (Lipinski definition) is 5. The molecule has 0 unspecified atom stereocenters. The molecule has 0 saturated heterocycles. The Hall–Kier alpha value is -4.73. The minimum atomic E-state index is -4.45. The van der Waals surface area contributed by atoms with Crippen molar-refractivity contribution in [1.29, 1.82) is 0 Å². The number of fused-ring (bicyclic) bond motifs is 1. The van der Waals surface area contributed by atoms with Crippen LogP contribution in [0.15, 0.2) is 79.3 Å². The van der Waals surface area contributed by atoms with E-state index in [1.165, 1.54) is 11.6 Å². The fourth-order valence-corrected chi connectivity index (χ4v) is 5.37. The molecule has 43 heavy (non-hydrogen) atoms. The van der Waals surface area contributed by atoms with Gasteiger partial charge < -0.3 is 10.6 Å². The van der Waals surface area contributed by atoms with Gasteiger partial charge in [-0.15, -0.1) is 0 Å². The van der Waals surface area contributed by atoms with Gasteiger partial charge in [-0.2, -0.15) is 18.3 Å². The van der Waals surface area contributed by atoms with E-state index in [0.717, 1.165) is 65.5 Å². The van der Waals surface area contributed by atoms with Gasteiger partial charge in [0, 0.05) is 23.3 Å². The third-order valence-corrected chi connectivity index (χ3v) is 8.07. The van der Waals surface area contributed by atoms with E-state index >= 15 is 0 Å². The van der Waals surface area contributed by atoms with Gasteiger partial charge in [-0.05, 0) is 91.1 Å². The number of hydrogen-bond donors (Lipinski definition) is 2. The fraction of sp³-hybridized carbons (Fsp3) is 0.273. The number of alkyl halides is 3. The molecule has 2 heterocycles. The van der Waals surface area contributed by atoms with E-state index in [4.69, 9.17) is 4.98 Å². The van der Waals surface area contributed by atoms with Gasteiger partial charge in [-0.1, -0.05) is 30.3 Å². The lowest BCUT2D eigenvalue weighted by atomic mass is 9.93. The molecule has 218 valence electrons. The number of halogens is 3. The van der Waals surface area contributed by atoms with Gasteiger partial charge in [0.05, 0.1) is 35.0 Å². The highest BCUT2D eigenvalue weighted by molar-refractivity contribution is 5.96. The molecule has 10 heteroatoms. The van der Waals surface area contributed by atoms with Crippen LogP contribution in [0.2, 0.25) is 0 Å². The summed E-state index contributed by atoms with van der Waals surface area (Å²) in [4.78, 5) is 22.5. The Morgan fingerprint density at radius 1 is 1.00 bits per heavy atom. The van der Waals surface area contributed by atoms with Crippen molar-refractivity contribution < 1.29 is 18.0 Å². The Kier molecular flexibility index (Phi) is 6.64. The van der Waals surface area contributed by atoms with Crippen LogP contribution in [-0.2, 0) is 6.18 Å². The third kappa shape index (κ3) is 5.82. The summed E-state index contributed by atoms with van der Waals surface area (Å²) in [6, 6.07) is 16.5. The van der Waals surface area contributed by atoms with Gasteiger partial charge in [0.25, 0.3) is 5.91 Å². The van der Waals surface area contributed by atoms with Crippen LogP contribution in [0.3, 0.4) is 0 Å². The van der Waals surface area contributed by atoms with Crippen LogP contribution >= 0.6 is 0 Å². The maximum atomic E-state index is 13.3. The monoisotopic (exact) mass is 582 g/mol. The first kappa shape index (κ1) is 27.1. The number of nitrogens with zero attached hydrogens (tertiary/aromatic N) is 4. The molecule has 7 nitrogen and oxygen atoms in total. The van der Waals surface area contributed by atoms with Gasteiger partial charge in [0.1, 0.15) is 0 Å². The molecular formula is C33H29F3N6O. The van der Waals surface area contributed by atoms with Crippen molar-refractivity contribution in [2.75, 3.05) is 5.32 Å². The highest BCUT2D eigenvalue weighted by Gasteiger charge is 2.31. The molecule has 0 bridgehead atoms. The molecule has 0 radical (unpaired) electrons. The Labute approximate surface area is 246 Å². The maximum absolute atomic E-state index is 13.3. The lowest BCUT2D eigenvalue weighted by Gasteiger charge is -2.17. The molecule has 0 spiro atoms. The average molecular weight is 583 g/mol. The Bertz CT molecular complexity index is 1840. The van der Waals surface area contributed by atoms with Crippen molar-refractivity contribution in [3.63, 3.8) is 0 Å². The van der Waals surface area contributed by atoms with Crippen LogP contribution in [0.5, 0.6) is 0 Å². The molecule has 0 aliphatic heterocycles. The number of anilines is 2. The number of carbonyl (C=O) groups is 1. The summed E-state index contributed by atoms with van der Waals surface area (Å²) in [7, 11) is 0. The second kappa shape index (κ2) is 10.5. The standard InChI is InChI=1S/C33H29F3N6O/c1-19(21-3-2-4-25(13-21)33(34,35)36)39-31(43)23-9-12-28(20-5-6-20)29(14-23)22-7-8-24-16-37-32(41-30(24)15-22)40-26-17-38-42(18-26)27-10-11-27/h2-4,7-9,12-20,27H,5-6,10-11H2,1H3,(H,39,43)(H,37,40,41)/t19-/m1/s1. The summed E-state index contributed by atoms with van der Waals surface area (Å²) in [6.45, 7) is 1.68. The van der Waals surface area contributed by atoms with Crippen molar-refractivity contribution in [2.45, 2.75) is 56.8 Å². The highest BCUT2D eigenvalue weighted by Crippen LogP contribution is 2.45. The molecule has 1 atom stereocenters. The van der Waals surface area contributed by atoms with Crippen LogP contribution in [0, 0.1) is 0 Å². The van der Waals surface area contributed by atoms with Crippen LogP contribution < -0.4 is 10.6 Å². The van der Waals surface area contributed by atoms with E-state index in [0.29, 0.717) is 29.0 Å². The molecule has 2 fully saturated rings. The second-order valence-corrected chi connectivity index (χ2v) is 11.4. The number of aromatic nitrogens is 4. The summed E-state index contributed by atoms with van der Waals surface area (Å²) in [5, 5.41) is 11.4. The second-order valence-electron chi connectivity index (χ2n) is 11.4.